The second-order valence-electron chi connectivity index (χ2n) is 3.33. The van der Waals surface area contributed by atoms with Gasteiger partial charge in [-0.2, -0.15) is 13.2 Å². The molecular formula is C10H20F3NO3. The van der Waals surface area contributed by atoms with E-state index in [1.165, 1.54) is 0 Å². The molecule has 104 valence electrons. The lowest BCUT2D eigenvalue weighted by atomic mass is 10.4. The third kappa shape index (κ3) is 15.6. The molecule has 0 aliphatic rings. The van der Waals surface area contributed by atoms with Gasteiger partial charge in [0.25, 0.3) is 0 Å². The van der Waals surface area contributed by atoms with Gasteiger partial charge < -0.3 is 19.5 Å². The van der Waals surface area contributed by atoms with Crippen molar-refractivity contribution in [1.82, 2.24) is 5.32 Å². The maximum Gasteiger partial charge on any atom is 0.390 e. The molecule has 0 atom stereocenters. The molecule has 7 heteroatoms. The van der Waals surface area contributed by atoms with Gasteiger partial charge in [0.15, 0.2) is 0 Å². The van der Waals surface area contributed by atoms with E-state index in [4.69, 9.17) is 14.2 Å². The predicted octanol–water partition coefficient (Wildman–Crippen LogP) is 1.21. The molecule has 0 aromatic rings. The second kappa shape index (κ2) is 10.8. The van der Waals surface area contributed by atoms with Gasteiger partial charge in [0.05, 0.1) is 39.5 Å². The lowest BCUT2D eigenvalue weighted by Gasteiger charge is -2.08. The molecule has 0 spiro atoms. The van der Waals surface area contributed by atoms with Gasteiger partial charge in [-0.1, -0.05) is 0 Å². The summed E-state index contributed by atoms with van der Waals surface area (Å²) in [5.41, 5.74) is 0. The van der Waals surface area contributed by atoms with Crippen LogP contribution < -0.4 is 5.32 Å². The summed E-state index contributed by atoms with van der Waals surface area (Å²) >= 11 is 0. The van der Waals surface area contributed by atoms with E-state index in [1.807, 2.05) is 0 Å². The SMILES string of the molecule is COCCOCCOCCNCCC(F)(F)F. The number of methoxy groups -OCH3 is 1. The number of alkyl halides is 3. The fourth-order valence-corrected chi connectivity index (χ4v) is 0.964. The molecule has 17 heavy (non-hydrogen) atoms. The van der Waals surface area contributed by atoms with Crippen molar-refractivity contribution in [1.29, 1.82) is 0 Å². The topological polar surface area (TPSA) is 39.7 Å². The minimum atomic E-state index is -4.09. The lowest BCUT2D eigenvalue weighted by molar-refractivity contribution is -0.133. The van der Waals surface area contributed by atoms with Crippen LogP contribution in [0.2, 0.25) is 0 Å². The van der Waals surface area contributed by atoms with Gasteiger partial charge in [0, 0.05) is 20.2 Å². The summed E-state index contributed by atoms with van der Waals surface area (Å²) in [7, 11) is 1.59. The molecule has 0 amide bonds. The Bertz CT molecular complexity index is 167. The van der Waals surface area contributed by atoms with Crippen LogP contribution in [0.1, 0.15) is 6.42 Å². The van der Waals surface area contributed by atoms with Crippen LogP contribution in [0.3, 0.4) is 0 Å². The Morgan fingerprint density at radius 1 is 0.882 bits per heavy atom. The van der Waals surface area contributed by atoms with Gasteiger partial charge in [0.1, 0.15) is 0 Å². The molecule has 0 rings (SSSR count). The van der Waals surface area contributed by atoms with Crippen LogP contribution in [0, 0.1) is 0 Å². The highest BCUT2D eigenvalue weighted by molar-refractivity contribution is 4.54. The minimum Gasteiger partial charge on any atom is -0.382 e. The van der Waals surface area contributed by atoms with Crippen LogP contribution in [-0.4, -0.2) is 59.4 Å². The number of hydrogen-bond donors (Lipinski definition) is 1. The van der Waals surface area contributed by atoms with Crippen LogP contribution in [0.15, 0.2) is 0 Å². The van der Waals surface area contributed by atoms with Crippen molar-refractivity contribution in [2.24, 2.45) is 0 Å². The summed E-state index contributed by atoms with van der Waals surface area (Å²) in [6, 6.07) is 0. The summed E-state index contributed by atoms with van der Waals surface area (Å²) in [6.07, 6.45) is -4.91. The van der Waals surface area contributed by atoms with Crippen LogP contribution in [-0.2, 0) is 14.2 Å². The molecular weight excluding hydrogens is 239 g/mol. The average molecular weight is 259 g/mol. The van der Waals surface area contributed by atoms with E-state index < -0.39 is 12.6 Å². The number of hydrogen-bond acceptors (Lipinski definition) is 4. The molecule has 0 aromatic carbocycles. The molecule has 1 N–H and O–H groups in total. The molecule has 4 nitrogen and oxygen atoms in total. The van der Waals surface area contributed by atoms with E-state index in [9.17, 15) is 13.2 Å². The Labute approximate surface area is 99.4 Å². The predicted molar refractivity (Wildman–Crippen MR) is 57.1 cm³/mol. The zero-order valence-electron chi connectivity index (χ0n) is 10.0. The van der Waals surface area contributed by atoms with Gasteiger partial charge >= 0.3 is 6.18 Å². The van der Waals surface area contributed by atoms with Crippen molar-refractivity contribution in [3.05, 3.63) is 0 Å². The fraction of sp³-hybridized carbons (Fsp3) is 1.00. The average Bonchev–Trinajstić information content (AvgIpc) is 2.24. The maximum absolute atomic E-state index is 11.7. The van der Waals surface area contributed by atoms with Gasteiger partial charge in [-0.15, -0.1) is 0 Å². The summed E-state index contributed by atoms with van der Waals surface area (Å²) in [5.74, 6) is 0. The van der Waals surface area contributed by atoms with E-state index in [-0.39, 0.29) is 6.54 Å². The summed E-state index contributed by atoms with van der Waals surface area (Å²) in [6.45, 7) is 2.68. The number of rotatable bonds is 11. The molecule has 0 fully saturated rings. The third-order valence-corrected chi connectivity index (χ3v) is 1.81. The van der Waals surface area contributed by atoms with E-state index in [1.54, 1.807) is 7.11 Å². The smallest absolute Gasteiger partial charge is 0.382 e. The van der Waals surface area contributed by atoms with E-state index in [0.29, 0.717) is 39.6 Å². The second-order valence-corrected chi connectivity index (χ2v) is 3.33. The fourth-order valence-electron chi connectivity index (χ4n) is 0.964. The zero-order chi connectivity index (χ0) is 13.0. The minimum absolute atomic E-state index is 0.0722. The van der Waals surface area contributed by atoms with Crippen molar-refractivity contribution >= 4 is 0 Å². The molecule has 0 saturated heterocycles. The molecule has 0 saturated carbocycles. The van der Waals surface area contributed by atoms with Crippen molar-refractivity contribution in [2.75, 3.05) is 53.2 Å². The quantitative estimate of drug-likeness (QED) is 0.566. The highest BCUT2D eigenvalue weighted by atomic mass is 19.4. The zero-order valence-corrected chi connectivity index (χ0v) is 10.0. The number of halogens is 3. The standard InChI is InChI=1S/C10H20F3NO3/c1-15-6-7-17-9-8-16-5-4-14-3-2-10(11,12)13/h14H,2-9H2,1H3. The monoisotopic (exact) mass is 259 g/mol. The van der Waals surface area contributed by atoms with Crippen molar-refractivity contribution in [3.63, 3.8) is 0 Å². The first-order chi connectivity index (χ1) is 8.06. The summed E-state index contributed by atoms with van der Waals surface area (Å²) in [4.78, 5) is 0. The Morgan fingerprint density at radius 3 is 2.06 bits per heavy atom. The number of nitrogens with one attached hydrogen (secondary N) is 1. The number of ether oxygens (including phenoxy) is 3. The van der Waals surface area contributed by atoms with Gasteiger partial charge in [0.2, 0.25) is 0 Å². The maximum atomic E-state index is 11.7. The first-order valence-electron chi connectivity index (χ1n) is 5.48. The third-order valence-electron chi connectivity index (χ3n) is 1.81. The van der Waals surface area contributed by atoms with E-state index >= 15 is 0 Å². The highest BCUT2D eigenvalue weighted by Gasteiger charge is 2.25. The summed E-state index contributed by atoms with van der Waals surface area (Å²) in [5, 5.41) is 2.65. The Kier molecular flexibility index (Phi) is 10.5. The molecule has 0 bridgehead atoms. The molecule has 0 radical (unpaired) electrons. The molecule has 0 aliphatic heterocycles. The van der Waals surface area contributed by atoms with Crippen LogP contribution in [0.25, 0.3) is 0 Å². The normalized spacial score (nSPS) is 12.0. The van der Waals surface area contributed by atoms with Crippen LogP contribution >= 0.6 is 0 Å². The molecule has 0 aromatic heterocycles. The van der Waals surface area contributed by atoms with Crippen molar-refractivity contribution in [3.8, 4) is 0 Å². The Morgan fingerprint density at radius 2 is 1.47 bits per heavy atom. The van der Waals surface area contributed by atoms with Crippen LogP contribution in [0.5, 0.6) is 0 Å². The van der Waals surface area contributed by atoms with Crippen LogP contribution in [0.4, 0.5) is 13.2 Å². The lowest BCUT2D eigenvalue weighted by Crippen LogP contribution is -2.25. The molecule has 0 unspecified atom stereocenters. The van der Waals surface area contributed by atoms with Gasteiger partial charge in [-0.05, 0) is 0 Å². The van der Waals surface area contributed by atoms with Crippen molar-refractivity contribution < 1.29 is 27.4 Å². The largest absolute Gasteiger partial charge is 0.390 e. The first-order valence-corrected chi connectivity index (χ1v) is 5.48. The molecule has 0 aliphatic carbocycles. The molecule has 0 heterocycles. The Balaban J connectivity index is 2.99. The highest BCUT2D eigenvalue weighted by Crippen LogP contribution is 2.17. The van der Waals surface area contributed by atoms with Crippen molar-refractivity contribution in [2.45, 2.75) is 12.6 Å². The first kappa shape index (κ1) is 16.6. The Hall–Kier alpha value is -0.370. The van der Waals surface area contributed by atoms with E-state index in [0.717, 1.165) is 0 Å². The van der Waals surface area contributed by atoms with Gasteiger partial charge in [-0.3, -0.25) is 0 Å². The summed E-state index contributed by atoms with van der Waals surface area (Å²) < 4.78 is 50.2. The van der Waals surface area contributed by atoms with E-state index in [2.05, 4.69) is 5.32 Å². The van der Waals surface area contributed by atoms with Gasteiger partial charge in [-0.25, -0.2) is 0 Å².